The lowest BCUT2D eigenvalue weighted by Crippen LogP contribution is -2.38. The molecule has 0 amide bonds. The Labute approximate surface area is 170 Å². The Morgan fingerprint density at radius 2 is 1.96 bits per heavy atom. The van der Waals surface area contributed by atoms with Crippen molar-refractivity contribution < 1.29 is 14.4 Å². The second-order valence-corrected chi connectivity index (χ2v) is 11.2. The third-order valence-corrected chi connectivity index (χ3v) is 7.66. The monoisotopic (exact) mass is 421 g/mol. The van der Waals surface area contributed by atoms with Crippen LogP contribution in [0.25, 0.3) is 10.8 Å². The second-order valence-electron chi connectivity index (χ2n) is 7.13. The van der Waals surface area contributed by atoms with Crippen LogP contribution in [0.5, 0.6) is 0 Å². The van der Waals surface area contributed by atoms with Crippen molar-refractivity contribution in [3.05, 3.63) is 48.0 Å². The molecule has 1 aliphatic rings. The molecule has 3 N–H and O–H groups in total. The van der Waals surface area contributed by atoms with Crippen LogP contribution in [0.3, 0.4) is 0 Å². The van der Waals surface area contributed by atoms with E-state index >= 15 is 0 Å². The van der Waals surface area contributed by atoms with E-state index in [9.17, 15) is 4.57 Å². The summed E-state index contributed by atoms with van der Waals surface area (Å²) in [6.45, 7) is 3.90. The summed E-state index contributed by atoms with van der Waals surface area (Å²) in [5, 5.41) is 5.68. The normalized spacial score (nSPS) is 17.0. The lowest BCUT2D eigenvalue weighted by Gasteiger charge is -2.26. The molecule has 2 aromatic carbocycles. The molecule has 0 aliphatic carbocycles. The number of hydrogen-bond donors (Lipinski definition) is 3. The zero-order chi connectivity index (χ0) is 20.1. The number of nitrogens with zero attached hydrogens (tertiary/aromatic N) is 2. The maximum absolute atomic E-state index is 11.0. The highest BCUT2D eigenvalue weighted by Gasteiger charge is 2.24. The van der Waals surface area contributed by atoms with Gasteiger partial charge in [-0.25, -0.2) is 4.57 Å². The Bertz CT molecular complexity index is 881. The summed E-state index contributed by atoms with van der Waals surface area (Å²) in [6.07, 6.45) is 0. The van der Waals surface area contributed by atoms with Crippen LogP contribution in [0.2, 0.25) is 0 Å². The summed E-state index contributed by atoms with van der Waals surface area (Å²) in [4.78, 5) is 25.1. The van der Waals surface area contributed by atoms with Crippen molar-refractivity contribution in [2.75, 3.05) is 32.7 Å². The van der Waals surface area contributed by atoms with E-state index in [1.54, 1.807) is 0 Å². The minimum Gasteiger partial charge on any atom is -0.357 e. The third-order valence-electron chi connectivity index (χ3n) is 4.95. The Morgan fingerprint density at radius 3 is 2.75 bits per heavy atom. The van der Waals surface area contributed by atoms with Crippen LogP contribution in [0.4, 0.5) is 0 Å². The molecule has 0 saturated carbocycles. The van der Waals surface area contributed by atoms with Gasteiger partial charge < -0.3 is 20.0 Å². The fourth-order valence-corrected chi connectivity index (χ4v) is 5.99. The van der Waals surface area contributed by atoms with Crippen molar-refractivity contribution in [1.82, 2.24) is 10.2 Å². The van der Waals surface area contributed by atoms with Gasteiger partial charge in [-0.15, -0.1) is 0 Å². The highest BCUT2D eigenvalue weighted by Crippen LogP contribution is 2.52. The summed E-state index contributed by atoms with van der Waals surface area (Å²) in [5.74, 6) is 1.34. The van der Waals surface area contributed by atoms with E-state index in [1.807, 2.05) is 6.92 Å². The average molecular weight is 422 g/mol. The summed E-state index contributed by atoms with van der Waals surface area (Å²) in [6, 6.07) is 14.9. The summed E-state index contributed by atoms with van der Waals surface area (Å²) >= 11 is 0.710. The van der Waals surface area contributed by atoms with Gasteiger partial charge in [0.25, 0.3) is 0 Å². The molecule has 6 nitrogen and oxygen atoms in total. The van der Waals surface area contributed by atoms with E-state index in [0.29, 0.717) is 17.9 Å². The standard InChI is InChI=1S/C20H28N3O3PS/c1-15(28-27(24,25)26)14-21-10-12-23-13-11-22-20(23)16(2)18-9-5-7-17-6-3-4-8-19(17)18/h3-9,15-16,21H,10-14H2,1-2H3,(H2,24,25,26). The van der Waals surface area contributed by atoms with Gasteiger partial charge in [-0.1, -0.05) is 56.3 Å². The number of nitrogens with one attached hydrogen (secondary N) is 1. The highest BCUT2D eigenvalue weighted by atomic mass is 32.7. The first-order valence-corrected chi connectivity index (χ1v) is 12.7. The molecule has 152 valence electrons. The Kier molecular flexibility index (Phi) is 7.18. The number of hydrogen-bond acceptors (Lipinski definition) is 5. The van der Waals surface area contributed by atoms with Crippen LogP contribution in [0.1, 0.15) is 25.3 Å². The second kappa shape index (κ2) is 9.42. The molecule has 2 atom stereocenters. The van der Waals surface area contributed by atoms with Crippen LogP contribution in [0, 0.1) is 0 Å². The molecule has 2 unspecified atom stereocenters. The Hall–Kier alpha value is -1.37. The van der Waals surface area contributed by atoms with Crippen LogP contribution in [-0.2, 0) is 4.57 Å². The predicted octanol–water partition coefficient (Wildman–Crippen LogP) is 3.46. The molecule has 2 aromatic rings. The van der Waals surface area contributed by atoms with E-state index in [1.165, 1.54) is 16.3 Å². The molecule has 1 heterocycles. The topological polar surface area (TPSA) is 85.2 Å². The quantitative estimate of drug-likeness (QED) is 0.425. The molecule has 8 heteroatoms. The maximum atomic E-state index is 11.0. The molecule has 0 aromatic heterocycles. The number of rotatable bonds is 9. The fourth-order valence-electron chi connectivity index (χ4n) is 3.70. The fraction of sp³-hybridized carbons (Fsp3) is 0.450. The first-order chi connectivity index (χ1) is 13.3. The average Bonchev–Trinajstić information content (AvgIpc) is 3.11. The number of amidine groups is 1. The molecule has 0 radical (unpaired) electrons. The van der Waals surface area contributed by atoms with Gasteiger partial charge in [0.05, 0.1) is 6.54 Å². The van der Waals surface area contributed by atoms with E-state index in [4.69, 9.17) is 14.8 Å². The Morgan fingerprint density at radius 1 is 1.21 bits per heavy atom. The first-order valence-electron chi connectivity index (χ1n) is 9.57. The van der Waals surface area contributed by atoms with Gasteiger partial charge in [0, 0.05) is 37.3 Å². The van der Waals surface area contributed by atoms with Crippen LogP contribution >= 0.6 is 18.2 Å². The summed E-state index contributed by atoms with van der Waals surface area (Å²) < 4.78 is 11.0. The SMILES string of the molecule is CC(CNCCN1CCN=C1C(C)c1cccc2ccccc12)SP(=O)(O)O. The molecular weight excluding hydrogens is 393 g/mol. The van der Waals surface area contributed by atoms with Crippen molar-refractivity contribution in [2.24, 2.45) is 4.99 Å². The van der Waals surface area contributed by atoms with Crippen molar-refractivity contribution >= 4 is 34.8 Å². The smallest absolute Gasteiger partial charge is 0.357 e. The molecule has 3 rings (SSSR count). The van der Waals surface area contributed by atoms with Crippen LogP contribution < -0.4 is 5.32 Å². The summed E-state index contributed by atoms with van der Waals surface area (Å²) in [5.41, 5.74) is 1.29. The molecule has 0 bridgehead atoms. The third kappa shape index (κ3) is 5.58. The lowest BCUT2D eigenvalue weighted by molar-refractivity contribution is 0.396. The number of fused-ring (bicyclic) bond motifs is 1. The van der Waals surface area contributed by atoms with Crippen molar-refractivity contribution in [3.63, 3.8) is 0 Å². The molecule has 1 aliphatic heterocycles. The highest BCUT2D eigenvalue weighted by molar-refractivity contribution is 8.54. The predicted molar refractivity (Wildman–Crippen MR) is 118 cm³/mol. The number of benzene rings is 2. The van der Waals surface area contributed by atoms with Crippen molar-refractivity contribution in [1.29, 1.82) is 0 Å². The molecule has 0 saturated heterocycles. The van der Waals surface area contributed by atoms with Gasteiger partial charge in [-0.05, 0) is 27.7 Å². The zero-order valence-corrected chi connectivity index (χ0v) is 18.0. The van der Waals surface area contributed by atoms with Gasteiger partial charge in [0.1, 0.15) is 5.84 Å². The zero-order valence-electron chi connectivity index (χ0n) is 16.3. The van der Waals surface area contributed by atoms with Crippen molar-refractivity contribution in [2.45, 2.75) is 25.0 Å². The molecular formula is C20H28N3O3PS. The van der Waals surface area contributed by atoms with E-state index in [2.05, 4.69) is 59.6 Å². The van der Waals surface area contributed by atoms with Gasteiger partial charge in [0.15, 0.2) is 0 Å². The minimum absolute atomic E-state index is 0.137. The van der Waals surface area contributed by atoms with E-state index in [0.717, 1.165) is 32.0 Å². The summed E-state index contributed by atoms with van der Waals surface area (Å²) in [7, 11) is 0. The molecule has 0 spiro atoms. The van der Waals surface area contributed by atoms with Gasteiger partial charge in [0.2, 0.25) is 0 Å². The van der Waals surface area contributed by atoms with Crippen LogP contribution in [-0.4, -0.2) is 58.5 Å². The van der Waals surface area contributed by atoms with Gasteiger partial charge in [-0.3, -0.25) is 4.99 Å². The van der Waals surface area contributed by atoms with Gasteiger partial charge in [-0.2, -0.15) is 0 Å². The van der Waals surface area contributed by atoms with Crippen LogP contribution in [0.15, 0.2) is 47.5 Å². The first kappa shape index (κ1) is 21.3. The lowest BCUT2D eigenvalue weighted by atomic mass is 9.93. The molecule has 0 fully saturated rings. The molecule has 28 heavy (non-hydrogen) atoms. The van der Waals surface area contributed by atoms with Gasteiger partial charge >= 0.3 is 6.80 Å². The van der Waals surface area contributed by atoms with E-state index < -0.39 is 6.80 Å². The minimum atomic E-state index is -4.02. The maximum Gasteiger partial charge on any atom is 0.384 e. The largest absolute Gasteiger partial charge is 0.384 e. The number of aliphatic imine (C=N–C) groups is 1. The Balaban J connectivity index is 1.58. The van der Waals surface area contributed by atoms with Crippen molar-refractivity contribution in [3.8, 4) is 0 Å². The van der Waals surface area contributed by atoms with E-state index in [-0.39, 0.29) is 11.2 Å².